The van der Waals surface area contributed by atoms with Crippen LogP contribution in [-0.4, -0.2) is 42.4 Å². The van der Waals surface area contributed by atoms with Gasteiger partial charge >= 0.3 is 0 Å². The van der Waals surface area contributed by atoms with Crippen molar-refractivity contribution in [2.45, 2.75) is 38.3 Å². The molecule has 8 nitrogen and oxygen atoms in total. The number of nitrogens with two attached hydrogens (primary N) is 1. The number of carbonyl (C=O) groups excluding carboxylic acids is 1. The largest absolute Gasteiger partial charge is 0.487 e. The molecule has 3 aliphatic heterocycles. The Balaban J connectivity index is 1.58. The number of aliphatic imine (C=N–C) groups is 1. The predicted octanol–water partition coefficient (Wildman–Crippen LogP) is 2.14. The van der Waals surface area contributed by atoms with Gasteiger partial charge in [-0.1, -0.05) is 11.2 Å². The number of Topliss-reactive ketones (excluding diaryl/α,β-unsaturated/α-hetero) is 1. The topological polar surface area (TPSA) is 109 Å². The first kappa shape index (κ1) is 18.2. The molecule has 2 N–H and O–H groups in total. The van der Waals surface area contributed by atoms with Crippen LogP contribution < -0.4 is 10.5 Å². The van der Waals surface area contributed by atoms with E-state index in [1.807, 2.05) is 18.2 Å². The monoisotopic (exact) mass is 397 g/mol. The molecule has 1 saturated heterocycles. The van der Waals surface area contributed by atoms with Crippen LogP contribution in [0, 0.1) is 12.3 Å². The second-order valence-corrected chi connectivity index (χ2v) is 8.54. The number of hydrogen-bond donors (Lipinski definition) is 1. The highest BCUT2D eigenvalue weighted by molar-refractivity contribution is 5.95. The highest BCUT2D eigenvalue weighted by Gasteiger charge is 2.71. The summed E-state index contributed by atoms with van der Waals surface area (Å²) in [4.78, 5) is 17.4. The van der Waals surface area contributed by atoms with Crippen molar-refractivity contribution in [3.05, 3.63) is 46.8 Å². The highest BCUT2D eigenvalue weighted by atomic mass is 16.5. The molecule has 2 spiro atoms. The van der Waals surface area contributed by atoms with Crippen molar-refractivity contribution in [1.82, 2.24) is 5.16 Å². The Bertz CT molecular complexity index is 1040. The van der Waals surface area contributed by atoms with Crippen LogP contribution >= 0.6 is 0 Å². The third kappa shape index (κ3) is 2.38. The number of amidine groups is 1. The number of ether oxygens (including phenoxy) is 3. The molecule has 5 rings (SSSR count). The van der Waals surface area contributed by atoms with Gasteiger partial charge in [0.25, 0.3) is 6.02 Å². The van der Waals surface area contributed by atoms with E-state index in [9.17, 15) is 4.79 Å². The van der Waals surface area contributed by atoms with Crippen LogP contribution in [-0.2, 0) is 21.4 Å². The lowest BCUT2D eigenvalue weighted by molar-refractivity contribution is -0.247. The number of rotatable bonds is 3. The number of fused-ring (bicyclic) bond motifs is 3. The van der Waals surface area contributed by atoms with Gasteiger partial charge in [-0.05, 0) is 38.5 Å². The smallest absolute Gasteiger partial charge is 0.283 e. The Morgan fingerprint density at radius 1 is 1.21 bits per heavy atom. The van der Waals surface area contributed by atoms with E-state index < -0.39 is 16.6 Å². The number of aryl methyl sites for hydroxylation is 1. The van der Waals surface area contributed by atoms with Crippen molar-refractivity contribution in [2.24, 2.45) is 16.1 Å². The zero-order valence-electron chi connectivity index (χ0n) is 16.7. The summed E-state index contributed by atoms with van der Waals surface area (Å²) in [5.41, 5.74) is 6.36. The molecule has 0 radical (unpaired) electrons. The molecule has 1 atom stereocenters. The first-order chi connectivity index (χ1) is 13.8. The molecule has 29 heavy (non-hydrogen) atoms. The van der Waals surface area contributed by atoms with Gasteiger partial charge in [0.2, 0.25) is 0 Å². The minimum Gasteiger partial charge on any atom is -0.487 e. The molecule has 8 heteroatoms. The van der Waals surface area contributed by atoms with Crippen molar-refractivity contribution in [2.75, 3.05) is 19.8 Å². The van der Waals surface area contributed by atoms with Gasteiger partial charge in [0.15, 0.2) is 5.78 Å². The van der Waals surface area contributed by atoms with Gasteiger partial charge in [0, 0.05) is 18.1 Å². The fourth-order valence-electron chi connectivity index (χ4n) is 4.71. The van der Waals surface area contributed by atoms with E-state index in [0.29, 0.717) is 31.3 Å². The van der Waals surface area contributed by atoms with Gasteiger partial charge in [0.1, 0.15) is 35.0 Å². The summed E-state index contributed by atoms with van der Waals surface area (Å²) >= 11 is 0. The molecule has 3 aliphatic rings. The molecule has 152 valence electrons. The Morgan fingerprint density at radius 2 is 2.00 bits per heavy atom. The summed E-state index contributed by atoms with van der Waals surface area (Å²) in [5.74, 6) is 1.22. The van der Waals surface area contributed by atoms with Gasteiger partial charge < -0.3 is 24.5 Å². The first-order valence-electron chi connectivity index (χ1n) is 9.61. The molecular formula is C21H23N3O5. The molecule has 4 heterocycles. The standard InChI is InChI=1S/C21H23N3O5/c1-12-6-15(24-29-12)16(25)8-13-4-5-17-14(7-13)21(11-27-18(22)23-21)20(9-26-10-20)19(2,3)28-17/h4-7H,8-11H2,1-3H3,(H2,22,23). The van der Waals surface area contributed by atoms with Gasteiger partial charge in [-0.15, -0.1) is 0 Å². The molecule has 1 fully saturated rings. The lowest BCUT2D eigenvalue weighted by Crippen LogP contribution is -2.71. The zero-order valence-corrected chi connectivity index (χ0v) is 16.7. The van der Waals surface area contributed by atoms with E-state index >= 15 is 0 Å². The molecule has 0 amide bonds. The van der Waals surface area contributed by atoms with Crippen molar-refractivity contribution < 1.29 is 23.5 Å². The van der Waals surface area contributed by atoms with Gasteiger partial charge in [-0.3, -0.25) is 4.79 Å². The van der Waals surface area contributed by atoms with Crippen LogP contribution in [0.4, 0.5) is 0 Å². The number of nitrogens with zero attached hydrogens (tertiary/aromatic N) is 2. The Hall–Kier alpha value is -2.87. The first-order valence-corrected chi connectivity index (χ1v) is 9.61. The number of aromatic nitrogens is 1. The lowest BCUT2D eigenvalue weighted by atomic mass is 9.55. The summed E-state index contributed by atoms with van der Waals surface area (Å²) in [6, 6.07) is 7.57. The quantitative estimate of drug-likeness (QED) is 0.790. The van der Waals surface area contributed by atoms with Crippen molar-refractivity contribution in [3.8, 4) is 5.75 Å². The molecule has 1 aromatic carbocycles. The minimum atomic E-state index is -0.712. The SMILES string of the molecule is Cc1cc(C(=O)Cc2ccc3c(c2)C2(COC(N)=N2)C2(COC2)C(C)(C)O3)no1. The molecule has 2 aromatic rings. The van der Waals surface area contributed by atoms with E-state index in [4.69, 9.17) is 29.5 Å². The lowest BCUT2D eigenvalue weighted by Gasteiger charge is -2.61. The number of benzene rings is 1. The van der Waals surface area contributed by atoms with E-state index in [0.717, 1.165) is 16.9 Å². The molecule has 0 saturated carbocycles. The summed E-state index contributed by atoms with van der Waals surface area (Å²) < 4.78 is 22.7. The summed E-state index contributed by atoms with van der Waals surface area (Å²) in [6.07, 6.45) is 0.197. The van der Waals surface area contributed by atoms with Crippen LogP contribution in [0.1, 0.15) is 41.2 Å². The summed E-state index contributed by atoms with van der Waals surface area (Å²) in [6.45, 7) is 7.18. The number of carbonyl (C=O) groups is 1. The summed E-state index contributed by atoms with van der Waals surface area (Å²) in [7, 11) is 0. The molecule has 1 aromatic heterocycles. The number of hydrogen-bond acceptors (Lipinski definition) is 8. The maximum atomic E-state index is 12.6. The molecular weight excluding hydrogens is 374 g/mol. The molecule has 0 bridgehead atoms. The van der Waals surface area contributed by atoms with Crippen LogP contribution in [0.15, 0.2) is 33.8 Å². The Labute approximate surface area is 168 Å². The molecule has 1 unspecified atom stereocenters. The average molecular weight is 397 g/mol. The Morgan fingerprint density at radius 3 is 2.59 bits per heavy atom. The third-order valence-electron chi connectivity index (χ3n) is 6.50. The summed E-state index contributed by atoms with van der Waals surface area (Å²) in [5, 5.41) is 3.82. The van der Waals surface area contributed by atoms with Gasteiger partial charge in [0.05, 0.1) is 18.6 Å². The van der Waals surface area contributed by atoms with Crippen molar-refractivity contribution in [1.29, 1.82) is 0 Å². The van der Waals surface area contributed by atoms with E-state index in [1.54, 1.807) is 13.0 Å². The fraction of sp³-hybridized carbons (Fsp3) is 0.476. The normalized spacial score (nSPS) is 25.7. The maximum Gasteiger partial charge on any atom is 0.283 e. The van der Waals surface area contributed by atoms with Crippen molar-refractivity contribution >= 4 is 11.8 Å². The van der Waals surface area contributed by atoms with Gasteiger partial charge in [-0.2, -0.15) is 0 Å². The third-order valence-corrected chi connectivity index (χ3v) is 6.50. The Kier molecular flexibility index (Phi) is 3.65. The highest BCUT2D eigenvalue weighted by Crippen LogP contribution is 2.62. The fourth-order valence-corrected chi connectivity index (χ4v) is 4.71. The van der Waals surface area contributed by atoms with Crippen LogP contribution in [0.25, 0.3) is 0 Å². The zero-order chi connectivity index (χ0) is 20.4. The maximum absolute atomic E-state index is 12.6. The van der Waals surface area contributed by atoms with E-state index in [1.165, 1.54) is 0 Å². The second kappa shape index (κ2) is 5.82. The van der Waals surface area contributed by atoms with Crippen molar-refractivity contribution in [3.63, 3.8) is 0 Å². The van der Waals surface area contributed by atoms with Crippen LogP contribution in [0.2, 0.25) is 0 Å². The second-order valence-electron chi connectivity index (χ2n) is 8.54. The van der Waals surface area contributed by atoms with Crippen LogP contribution in [0.3, 0.4) is 0 Å². The van der Waals surface area contributed by atoms with Gasteiger partial charge in [-0.25, -0.2) is 4.99 Å². The van der Waals surface area contributed by atoms with E-state index in [-0.39, 0.29) is 18.2 Å². The average Bonchev–Trinajstić information content (AvgIpc) is 3.21. The predicted molar refractivity (Wildman–Crippen MR) is 103 cm³/mol. The minimum absolute atomic E-state index is 0.111. The number of ketones is 1. The van der Waals surface area contributed by atoms with Crippen LogP contribution in [0.5, 0.6) is 5.75 Å². The van der Waals surface area contributed by atoms with E-state index in [2.05, 4.69) is 19.0 Å². The molecule has 0 aliphatic carbocycles.